The molecule has 13 nitrogen and oxygen atoms in total. The lowest BCUT2D eigenvalue weighted by molar-refractivity contribution is -0.124. The van der Waals surface area contributed by atoms with E-state index < -0.39 is 6.09 Å². The van der Waals surface area contributed by atoms with Crippen molar-refractivity contribution in [3.63, 3.8) is 0 Å². The zero-order valence-electron chi connectivity index (χ0n) is 30.5. The summed E-state index contributed by atoms with van der Waals surface area (Å²) in [6, 6.07) is 18.2. The summed E-state index contributed by atoms with van der Waals surface area (Å²) in [5.41, 5.74) is 5.16. The first-order chi connectivity index (χ1) is 27.0. The van der Waals surface area contributed by atoms with E-state index in [1.807, 2.05) is 48.5 Å². The Morgan fingerprint density at radius 2 is 1.77 bits per heavy atom. The van der Waals surface area contributed by atoms with Gasteiger partial charge in [0.2, 0.25) is 17.7 Å². The van der Waals surface area contributed by atoms with Gasteiger partial charge in [-0.1, -0.05) is 59.6 Å². The quantitative estimate of drug-likeness (QED) is 0.120. The topological polar surface area (TPSA) is 167 Å². The lowest BCUT2D eigenvalue weighted by Crippen LogP contribution is -2.50. The first-order valence-corrected chi connectivity index (χ1v) is 19.2. The van der Waals surface area contributed by atoms with Crippen LogP contribution in [0.3, 0.4) is 0 Å². The predicted molar refractivity (Wildman–Crippen MR) is 212 cm³/mol. The number of aromatic nitrogens is 3. The van der Waals surface area contributed by atoms with E-state index in [1.165, 1.54) is 16.4 Å². The zero-order chi connectivity index (χ0) is 39.1. The smallest absolute Gasteiger partial charge is 0.407 e. The molecule has 5 heterocycles. The highest BCUT2D eigenvalue weighted by Gasteiger charge is 2.49. The maximum Gasteiger partial charge on any atom is 0.407 e. The summed E-state index contributed by atoms with van der Waals surface area (Å²) in [4.78, 5) is 59.8. The van der Waals surface area contributed by atoms with Crippen molar-refractivity contribution in [3.8, 4) is 39.4 Å². The van der Waals surface area contributed by atoms with Crippen molar-refractivity contribution in [1.29, 1.82) is 0 Å². The van der Waals surface area contributed by atoms with Gasteiger partial charge < -0.3 is 30.7 Å². The maximum atomic E-state index is 13.4. The molecule has 2 bridgehead atoms. The highest BCUT2D eigenvalue weighted by molar-refractivity contribution is 6.39. The largest absolute Gasteiger partial charge is 0.481 e. The number of methoxy groups -OCH3 is 1. The van der Waals surface area contributed by atoms with Gasteiger partial charge in [0.15, 0.2) is 0 Å². The maximum absolute atomic E-state index is 13.4. The first kappa shape index (κ1) is 37.4. The summed E-state index contributed by atoms with van der Waals surface area (Å²) >= 11 is 14.2. The molecular weight excluding hydrogens is 757 g/mol. The Morgan fingerprint density at radius 3 is 2.45 bits per heavy atom. The molecule has 2 aromatic carbocycles. The van der Waals surface area contributed by atoms with Gasteiger partial charge in [0, 0.05) is 83.8 Å². The molecule has 0 radical (unpaired) electrons. The highest BCUT2D eigenvalue weighted by atomic mass is 35.5. The van der Waals surface area contributed by atoms with Crippen molar-refractivity contribution in [2.75, 3.05) is 20.2 Å². The standard InChI is InChI=1S/C41H39Cl2N7O6/c1-56-38-25(20-49(40(54)55)21-27-9-11-34(51)46-27)8-10-32(47-38)31-7-3-6-30(36(31)43)29-5-2-4-28(35(29)42)23-13-15-50-33(16-23)45-19-26(39(50)53)18-44-22-41-14-12-24(17-41)37(52)48-41/h2-8,10,13,15-16,19,24,27,44H,9,11-12,14,17-18,20-22H2,1H3,(H,46,51)(H,48,52)(H,54,55)/t24?,27-,41?/m0/s1. The Hall–Kier alpha value is -5.50. The van der Waals surface area contributed by atoms with E-state index in [2.05, 4.69) is 20.9 Å². The zero-order valence-corrected chi connectivity index (χ0v) is 32.0. The van der Waals surface area contributed by atoms with Crippen LogP contribution in [0, 0.1) is 5.92 Å². The van der Waals surface area contributed by atoms with Crippen molar-refractivity contribution in [1.82, 2.24) is 35.2 Å². The number of hydrogen-bond acceptors (Lipinski definition) is 8. The number of nitrogens with one attached hydrogen (secondary N) is 3. The first-order valence-electron chi connectivity index (χ1n) is 18.4. The minimum Gasteiger partial charge on any atom is -0.481 e. The number of ether oxygens (including phenoxy) is 1. The molecule has 3 aliphatic rings. The third-order valence-electron chi connectivity index (χ3n) is 11.1. The number of benzene rings is 2. The number of carbonyl (C=O) groups excluding carboxylic acids is 2. The summed E-state index contributed by atoms with van der Waals surface area (Å²) in [7, 11) is 1.47. The number of amides is 3. The second-order valence-electron chi connectivity index (χ2n) is 14.7. The van der Waals surface area contributed by atoms with E-state index in [0.717, 1.165) is 30.4 Å². The Kier molecular flexibility index (Phi) is 10.2. The van der Waals surface area contributed by atoms with Crippen LogP contribution >= 0.6 is 23.2 Å². The van der Waals surface area contributed by atoms with Crippen LogP contribution in [0.5, 0.6) is 5.88 Å². The minimum atomic E-state index is -1.11. The lowest BCUT2D eigenvalue weighted by atomic mass is 9.97. The van der Waals surface area contributed by atoms with Gasteiger partial charge >= 0.3 is 6.09 Å². The molecule has 3 atom stereocenters. The molecular formula is C41H39Cl2N7O6. The average Bonchev–Trinajstić information content (AvgIpc) is 3.90. The molecule has 2 unspecified atom stereocenters. The normalized spacial score (nSPS) is 20.0. The summed E-state index contributed by atoms with van der Waals surface area (Å²) in [6.45, 7) is 1.11. The van der Waals surface area contributed by atoms with Crippen LogP contribution in [0.4, 0.5) is 4.79 Å². The van der Waals surface area contributed by atoms with Gasteiger partial charge in [0.1, 0.15) is 5.65 Å². The SMILES string of the molecule is COc1nc(-c2cccc(-c3cccc(-c4ccn5c(=O)c(CNCC67CCC(C6)C(=O)N7)cnc5c4)c3Cl)c2Cl)ccc1CN(C[C@@H]1CCC(=O)N1)C(=O)O. The second kappa shape index (κ2) is 15.2. The van der Waals surface area contributed by atoms with Gasteiger partial charge in [-0.25, -0.2) is 14.8 Å². The van der Waals surface area contributed by atoms with E-state index in [1.54, 1.807) is 24.5 Å². The number of fused-ring (bicyclic) bond motifs is 3. The molecule has 5 aromatic rings. The Balaban J connectivity index is 1.02. The number of halogens is 2. The molecule has 15 heteroatoms. The fraction of sp³-hybridized carbons (Fsp3) is 0.317. The van der Waals surface area contributed by atoms with Gasteiger partial charge in [0.25, 0.3) is 5.56 Å². The van der Waals surface area contributed by atoms with Gasteiger partial charge in [0.05, 0.1) is 34.9 Å². The monoisotopic (exact) mass is 795 g/mol. The second-order valence-corrected chi connectivity index (χ2v) is 15.5. The van der Waals surface area contributed by atoms with Crippen LogP contribution in [0.15, 0.2) is 77.9 Å². The Labute approximate surface area is 332 Å². The summed E-state index contributed by atoms with van der Waals surface area (Å²) in [5, 5.41) is 20.1. The molecule has 1 aliphatic carbocycles. The Morgan fingerprint density at radius 1 is 1.02 bits per heavy atom. The lowest BCUT2D eigenvalue weighted by Gasteiger charge is -2.27. The molecule has 3 fully saturated rings. The van der Waals surface area contributed by atoms with Crippen molar-refractivity contribution in [3.05, 3.63) is 105 Å². The minimum absolute atomic E-state index is 0.0223. The van der Waals surface area contributed by atoms with E-state index in [4.69, 9.17) is 32.9 Å². The number of nitrogens with zero attached hydrogens (tertiary/aromatic N) is 4. The molecule has 4 N–H and O–H groups in total. The summed E-state index contributed by atoms with van der Waals surface area (Å²) in [5.74, 6) is 0.401. The summed E-state index contributed by atoms with van der Waals surface area (Å²) < 4.78 is 7.11. The van der Waals surface area contributed by atoms with Crippen LogP contribution in [-0.4, -0.2) is 74.1 Å². The highest BCUT2D eigenvalue weighted by Crippen LogP contribution is 2.43. The van der Waals surface area contributed by atoms with Crippen LogP contribution in [-0.2, 0) is 22.7 Å². The molecule has 3 amide bonds. The Bertz CT molecular complexity index is 2460. The van der Waals surface area contributed by atoms with Crippen molar-refractivity contribution >= 4 is 46.8 Å². The number of carboxylic acid groups (broad SMARTS) is 1. The van der Waals surface area contributed by atoms with Gasteiger partial charge in [-0.05, 0) is 55.5 Å². The molecule has 288 valence electrons. The summed E-state index contributed by atoms with van der Waals surface area (Å²) in [6.07, 6.45) is 5.81. The number of piperidine rings is 1. The molecule has 8 rings (SSSR count). The van der Waals surface area contributed by atoms with Crippen LogP contribution in [0.1, 0.15) is 43.2 Å². The van der Waals surface area contributed by atoms with Crippen LogP contribution in [0.2, 0.25) is 10.0 Å². The molecule has 2 aliphatic heterocycles. The molecule has 0 spiro atoms. The predicted octanol–water partition coefficient (Wildman–Crippen LogP) is 5.92. The van der Waals surface area contributed by atoms with E-state index in [-0.39, 0.29) is 53.8 Å². The molecule has 2 saturated heterocycles. The molecule has 1 saturated carbocycles. The van der Waals surface area contributed by atoms with Crippen LogP contribution < -0.4 is 26.2 Å². The van der Waals surface area contributed by atoms with Crippen LogP contribution in [0.25, 0.3) is 39.2 Å². The number of carbonyl (C=O) groups is 3. The average molecular weight is 797 g/mol. The van der Waals surface area contributed by atoms with Gasteiger partial charge in [-0.3, -0.25) is 18.8 Å². The van der Waals surface area contributed by atoms with E-state index in [9.17, 15) is 24.3 Å². The fourth-order valence-electron chi connectivity index (χ4n) is 8.18. The third-order valence-corrected chi connectivity index (χ3v) is 11.9. The van der Waals surface area contributed by atoms with E-state index >= 15 is 0 Å². The molecule has 3 aromatic heterocycles. The van der Waals surface area contributed by atoms with Gasteiger partial charge in [-0.15, -0.1) is 0 Å². The number of rotatable bonds is 12. The van der Waals surface area contributed by atoms with Crippen molar-refractivity contribution in [2.45, 2.75) is 56.8 Å². The fourth-order valence-corrected chi connectivity index (χ4v) is 8.84. The molecule has 56 heavy (non-hydrogen) atoms. The van der Waals surface area contributed by atoms with Gasteiger partial charge in [-0.2, -0.15) is 0 Å². The number of pyridine rings is 2. The van der Waals surface area contributed by atoms with E-state index in [0.29, 0.717) is 75.1 Å². The van der Waals surface area contributed by atoms with Crippen molar-refractivity contribution < 1.29 is 24.2 Å². The third kappa shape index (κ3) is 7.17. The van der Waals surface area contributed by atoms with Crippen molar-refractivity contribution in [2.24, 2.45) is 5.92 Å². The number of hydrogen-bond donors (Lipinski definition) is 4.